The summed E-state index contributed by atoms with van der Waals surface area (Å²) in [7, 11) is 0. The predicted molar refractivity (Wildman–Crippen MR) is 113 cm³/mol. The molecule has 0 radical (unpaired) electrons. The van der Waals surface area contributed by atoms with E-state index in [9.17, 15) is 24.0 Å². The highest BCUT2D eigenvalue weighted by Crippen LogP contribution is 2.20. The maximum Gasteiger partial charge on any atom is 0.266 e. The standard InChI is InChI=1S/C21H24N6O5/c22-17(29)15-6-3-9-27(15)21(32)18(26-20(31)14-7-8-16(28)24-14)25-19(30)12-10-23-13-5-2-1-4-11(12)13/h1-2,4-5,10,14-15,18,23H,3,6-9H2,(H2,22,29)(H,24,28)(H,25,30)(H,26,31)/t14-,15-,18?/m0/s1. The Bertz CT molecular complexity index is 1100. The smallest absolute Gasteiger partial charge is 0.266 e. The molecule has 32 heavy (non-hydrogen) atoms. The van der Waals surface area contributed by atoms with Gasteiger partial charge in [0.2, 0.25) is 17.7 Å². The molecular formula is C21H24N6O5. The van der Waals surface area contributed by atoms with Crippen molar-refractivity contribution < 1.29 is 24.0 Å². The van der Waals surface area contributed by atoms with Gasteiger partial charge in [-0.05, 0) is 25.3 Å². The molecule has 11 nitrogen and oxygen atoms in total. The zero-order valence-electron chi connectivity index (χ0n) is 17.2. The van der Waals surface area contributed by atoms with Crippen molar-refractivity contribution in [3.63, 3.8) is 0 Å². The Morgan fingerprint density at radius 2 is 1.91 bits per heavy atom. The first-order valence-electron chi connectivity index (χ1n) is 10.4. The van der Waals surface area contributed by atoms with Gasteiger partial charge in [0.15, 0.2) is 6.17 Å². The number of fused-ring (bicyclic) bond motifs is 1. The summed E-state index contributed by atoms with van der Waals surface area (Å²) in [5.41, 5.74) is 6.47. The Kier molecular flexibility index (Phi) is 5.80. The van der Waals surface area contributed by atoms with Gasteiger partial charge in [0.05, 0.1) is 5.56 Å². The van der Waals surface area contributed by atoms with Crippen LogP contribution in [0.2, 0.25) is 0 Å². The number of carbonyl (C=O) groups excluding carboxylic acids is 5. The van der Waals surface area contributed by atoms with Gasteiger partial charge in [-0.3, -0.25) is 24.0 Å². The number of aromatic amines is 1. The highest BCUT2D eigenvalue weighted by molar-refractivity contribution is 6.08. The van der Waals surface area contributed by atoms with Crippen molar-refractivity contribution in [3.05, 3.63) is 36.0 Å². The number of hydrogen-bond donors (Lipinski definition) is 5. The summed E-state index contributed by atoms with van der Waals surface area (Å²) in [6.07, 6.45) is 1.57. The highest BCUT2D eigenvalue weighted by atomic mass is 16.2. The number of carbonyl (C=O) groups is 5. The van der Waals surface area contributed by atoms with E-state index in [2.05, 4.69) is 20.9 Å². The third-order valence-corrected chi connectivity index (χ3v) is 5.82. The van der Waals surface area contributed by atoms with Crippen molar-refractivity contribution >= 4 is 40.4 Å². The summed E-state index contributed by atoms with van der Waals surface area (Å²) in [6.45, 7) is 0.280. The van der Waals surface area contributed by atoms with E-state index in [0.29, 0.717) is 23.8 Å². The molecule has 2 aromatic rings. The Hall–Kier alpha value is -3.89. The Balaban J connectivity index is 1.57. The minimum Gasteiger partial charge on any atom is -0.368 e. The summed E-state index contributed by atoms with van der Waals surface area (Å²) in [4.78, 5) is 66.4. The number of para-hydroxylation sites is 1. The Morgan fingerprint density at radius 3 is 2.62 bits per heavy atom. The van der Waals surface area contributed by atoms with Gasteiger partial charge >= 0.3 is 0 Å². The summed E-state index contributed by atoms with van der Waals surface area (Å²) < 4.78 is 0. The number of H-pyrrole nitrogens is 1. The van der Waals surface area contributed by atoms with Gasteiger partial charge in [0.25, 0.3) is 11.8 Å². The molecule has 1 aromatic carbocycles. The number of aromatic nitrogens is 1. The molecule has 168 valence electrons. The molecule has 3 atom stereocenters. The van der Waals surface area contributed by atoms with Gasteiger partial charge in [-0.1, -0.05) is 18.2 Å². The molecular weight excluding hydrogens is 416 g/mol. The monoisotopic (exact) mass is 440 g/mol. The lowest BCUT2D eigenvalue weighted by atomic mass is 10.1. The number of nitrogens with zero attached hydrogens (tertiary/aromatic N) is 1. The van der Waals surface area contributed by atoms with Gasteiger partial charge in [0.1, 0.15) is 12.1 Å². The lowest BCUT2D eigenvalue weighted by Crippen LogP contribution is -2.61. The van der Waals surface area contributed by atoms with E-state index < -0.39 is 41.9 Å². The van der Waals surface area contributed by atoms with Gasteiger partial charge < -0.3 is 31.6 Å². The van der Waals surface area contributed by atoms with Crippen LogP contribution in [0.4, 0.5) is 0 Å². The number of hydrogen-bond acceptors (Lipinski definition) is 5. The molecule has 0 saturated carbocycles. The zero-order chi connectivity index (χ0) is 22.8. The largest absolute Gasteiger partial charge is 0.368 e. The average molecular weight is 440 g/mol. The molecule has 2 aliphatic heterocycles. The second-order valence-electron chi connectivity index (χ2n) is 7.91. The van der Waals surface area contributed by atoms with Crippen LogP contribution >= 0.6 is 0 Å². The van der Waals surface area contributed by atoms with Crippen molar-refractivity contribution in [2.24, 2.45) is 5.73 Å². The molecule has 2 fully saturated rings. The van der Waals surface area contributed by atoms with Crippen LogP contribution in [0.25, 0.3) is 10.9 Å². The summed E-state index contributed by atoms with van der Waals surface area (Å²) >= 11 is 0. The Morgan fingerprint density at radius 1 is 1.12 bits per heavy atom. The fourth-order valence-electron chi connectivity index (χ4n) is 4.17. The van der Waals surface area contributed by atoms with Gasteiger partial charge in [-0.15, -0.1) is 0 Å². The number of nitrogens with two attached hydrogens (primary N) is 1. The number of likely N-dealkylation sites (tertiary alicyclic amines) is 1. The van der Waals surface area contributed by atoms with E-state index >= 15 is 0 Å². The van der Waals surface area contributed by atoms with Crippen LogP contribution in [0, 0.1) is 0 Å². The third kappa shape index (κ3) is 4.13. The molecule has 0 spiro atoms. The molecule has 5 amide bonds. The van der Waals surface area contributed by atoms with Crippen molar-refractivity contribution in [1.82, 2.24) is 25.8 Å². The van der Waals surface area contributed by atoms with E-state index in [-0.39, 0.29) is 25.3 Å². The van der Waals surface area contributed by atoms with Gasteiger partial charge in [0, 0.05) is 30.1 Å². The molecule has 0 aliphatic carbocycles. The van der Waals surface area contributed by atoms with E-state index in [4.69, 9.17) is 5.73 Å². The van der Waals surface area contributed by atoms with Crippen LogP contribution < -0.4 is 21.7 Å². The molecule has 3 heterocycles. The minimum atomic E-state index is -1.43. The third-order valence-electron chi connectivity index (χ3n) is 5.82. The predicted octanol–water partition coefficient (Wildman–Crippen LogP) is -0.905. The number of rotatable bonds is 6. The zero-order valence-corrected chi connectivity index (χ0v) is 17.2. The lowest BCUT2D eigenvalue weighted by Gasteiger charge is -2.28. The number of nitrogens with one attached hydrogen (secondary N) is 4. The van der Waals surface area contributed by atoms with Crippen molar-refractivity contribution in [3.8, 4) is 0 Å². The molecule has 6 N–H and O–H groups in total. The number of benzene rings is 1. The first-order chi connectivity index (χ1) is 15.3. The Labute approximate surface area is 183 Å². The quantitative estimate of drug-likeness (QED) is 0.366. The summed E-state index contributed by atoms with van der Waals surface area (Å²) in [5, 5.41) is 8.27. The summed E-state index contributed by atoms with van der Waals surface area (Å²) in [5.74, 6) is -2.72. The first-order valence-corrected chi connectivity index (χ1v) is 10.4. The van der Waals surface area contributed by atoms with Crippen LogP contribution in [-0.2, 0) is 19.2 Å². The molecule has 4 rings (SSSR count). The highest BCUT2D eigenvalue weighted by Gasteiger charge is 2.39. The number of primary amides is 1. The fourth-order valence-corrected chi connectivity index (χ4v) is 4.17. The summed E-state index contributed by atoms with van der Waals surface area (Å²) in [6, 6.07) is 5.56. The second-order valence-corrected chi connectivity index (χ2v) is 7.91. The molecule has 11 heteroatoms. The minimum absolute atomic E-state index is 0.203. The van der Waals surface area contributed by atoms with E-state index in [1.54, 1.807) is 18.2 Å². The van der Waals surface area contributed by atoms with E-state index in [0.717, 1.165) is 5.52 Å². The fraction of sp³-hybridized carbons (Fsp3) is 0.381. The molecule has 1 aromatic heterocycles. The maximum atomic E-state index is 13.2. The molecule has 1 unspecified atom stereocenters. The average Bonchev–Trinajstić information content (AvgIpc) is 3.51. The lowest BCUT2D eigenvalue weighted by molar-refractivity contribution is -0.141. The van der Waals surface area contributed by atoms with E-state index in [1.165, 1.54) is 11.1 Å². The van der Waals surface area contributed by atoms with Gasteiger partial charge in [-0.25, -0.2) is 0 Å². The van der Waals surface area contributed by atoms with Crippen LogP contribution in [0.5, 0.6) is 0 Å². The van der Waals surface area contributed by atoms with Crippen LogP contribution in [0.1, 0.15) is 36.0 Å². The van der Waals surface area contributed by atoms with Crippen LogP contribution in [0.15, 0.2) is 30.5 Å². The second kappa shape index (κ2) is 8.69. The van der Waals surface area contributed by atoms with E-state index in [1.807, 2.05) is 6.07 Å². The normalized spacial score (nSPS) is 21.2. The maximum absolute atomic E-state index is 13.2. The van der Waals surface area contributed by atoms with Crippen molar-refractivity contribution in [2.45, 2.75) is 43.9 Å². The molecule has 2 saturated heterocycles. The van der Waals surface area contributed by atoms with Crippen molar-refractivity contribution in [1.29, 1.82) is 0 Å². The van der Waals surface area contributed by atoms with Crippen LogP contribution in [0.3, 0.4) is 0 Å². The molecule has 0 bridgehead atoms. The molecule has 2 aliphatic rings. The van der Waals surface area contributed by atoms with Crippen LogP contribution in [-0.4, -0.2) is 64.2 Å². The van der Waals surface area contributed by atoms with Gasteiger partial charge in [-0.2, -0.15) is 0 Å². The first kappa shape index (κ1) is 21.3. The topological polar surface area (TPSA) is 166 Å². The SMILES string of the molecule is NC(=O)[C@@H]1CCCN1C(=O)C(NC(=O)c1c[nH]c2ccccc12)NC(=O)[C@@H]1CCC(=O)N1. The van der Waals surface area contributed by atoms with Crippen molar-refractivity contribution in [2.75, 3.05) is 6.54 Å². The number of amides is 5.